The average molecular weight is 191 g/mol. The number of aliphatic carboxylic acids is 1. The molecule has 2 aliphatic heterocycles. The van der Waals surface area contributed by atoms with E-state index < -0.39 is 23.9 Å². The Morgan fingerprint density at radius 2 is 2.15 bits per heavy atom. The number of nitrogens with one attached hydrogen (secondary N) is 1. The summed E-state index contributed by atoms with van der Waals surface area (Å²) in [5.41, 5.74) is 0. The van der Waals surface area contributed by atoms with E-state index in [1.54, 1.807) is 0 Å². The number of hydrogen-bond donors (Lipinski definition) is 2. The third-order valence-electron chi connectivity index (χ3n) is 2.97. The summed E-state index contributed by atoms with van der Waals surface area (Å²) in [6, 6.07) is -1.37. The van der Waals surface area contributed by atoms with Crippen LogP contribution in [0.25, 0.3) is 0 Å². The topological polar surface area (TPSA) is 49.3 Å². The van der Waals surface area contributed by atoms with Gasteiger partial charge in [0.05, 0.1) is 0 Å². The second-order valence-electron chi connectivity index (χ2n) is 3.83. The van der Waals surface area contributed by atoms with Gasteiger partial charge in [0.1, 0.15) is 6.04 Å². The molecule has 3 rings (SSSR count). The monoisotopic (exact) mass is 191 g/mol. The Kier molecular flexibility index (Phi) is 1.80. The van der Waals surface area contributed by atoms with Crippen LogP contribution in [0.3, 0.4) is 0 Å². The summed E-state index contributed by atoms with van der Waals surface area (Å²) >= 11 is 0. The van der Waals surface area contributed by atoms with E-state index in [4.69, 9.17) is 5.11 Å². The molecular weight excluding hydrogens is 180 g/mol. The number of alkyl halides is 2. The van der Waals surface area contributed by atoms with E-state index in [1.165, 1.54) is 0 Å². The minimum atomic E-state index is -2.79. The summed E-state index contributed by atoms with van der Waals surface area (Å²) in [5, 5.41) is 11.4. The zero-order chi connectivity index (χ0) is 9.64. The van der Waals surface area contributed by atoms with Gasteiger partial charge in [0, 0.05) is 18.4 Å². The van der Waals surface area contributed by atoms with E-state index in [2.05, 4.69) is 5.32 Å². The lowest BCUT2D eigenvalue weighted by atomic mass is 9.73. The van der Waals surface area contributed by atoms with Crippen molar-refractivity contribution in [1.29, 1.82) is 0 Å². The molecule has 2 heterocycles. The molecule has 2 N–H and O–H groups in total. The zero-order valence-corrected chi connectivity index (χ0v) is 6.96. The van der Waals surface area contributed by atoms with Gasteiger partial charge in [-0.2, -0.15) is 0 Å². The zero-order valence-electron chi connectivity index (χ0n) is 6.96. The highest BCUT2D eigenvalue weighted by molar-refractivity contribution is 5.74. The Hall–Kier alpha value is -0.710. The van der Waals surface area contributed by atoms with Gasteiger partial charge >= 0.3 is 5.97 Å². The van der Waals surface area contributed by atoms with Gasteiger partial charge in [0.2, 0.25) is 0 Å². The van der Waals surface area contributed by atoms with Gasteiger partial charge in [-0.25, -0.2) is 8.78 Å². The number of piperidine rings is 2. The van der Waals surface area contributed by atoms with Crippen molar-refractivity contribution in [2.24, 2.45) is 5.92 Å². The van der Waals surface area contributed by atoms with Gasteiger partial charge in [-0.15, -0.1) is 0 Å². The predicted molar refractivity (Wildman–Crippen MR) is 40.6 cm³/mol. The Morgan fingerprint density at radius 3 is 2.54 bits per heavy atom. The number of carboxylic acids is 1. The predicted octanol–water partition coefficient (Wildman–Crippen LogP) is 0.847. The van der Waals surface area contributed by atoms with Gasteiger partial charge in [0.15, 0.2) is 0 Å². The molecule has 2 bridgehead atoms. The van der Waals surface area contributed by atoms with Crippen molar-refractivity contribution < 1.29 is 18.7 Å². The summed E-state index contributed by atoms with van der Waals surface area (Å²) in [7, 11) is 0. The summed E-state index contributed by atoms with van der Waals surface area (Å²) in [4.78, 5) is 10.6. The van der Waals surface area contributed by atoms with Crippen LogP contribution in [0, 0.1) is 5.92 Å². The van der Waals surface area contributed by atoms with Crippen LogP contribution in [-0.4, -0.2) is 29.1 Å². The molecule has 3 aliphatic rings. The standard InChI is InChI=1S/C8H11F2NO2/c9-8(10)3-4-1-2-5(8)6(11-4)7(12)13/h4-6,11H,1-3H2,(H,12,13)/t4?,5?,6-/m0/s1. The molecule has 0 aromatic heterocycles. The second-order valence-corrected chi connectivity index (χ2v) is 3.83. The lowest BCUT2D eigenvalue weighted by Gasteiger charge is -2.46. The van der Waals surface area contributed by atoms with Gasteiger partial charge in [-0.3, -0.25) is 4.79 Å². The molecule has 3 fully saturated rings. The first kappa shape index (κ1) is 8.87. The molecule has 74 valence electrons. The summed E-state index contributed by atoms with van der Waals surface area (Å²) in [6.45, 7) is 0. The van der Waals surface area contributed by atoms with E-state index in [0.29, 0.717) is 12.8 Å². The molecule has 5 heteroatoms. The Labute approximate surface area is 74.1 Å². The third-order valence-corrected chi connectivity index (χ3v) is 2.97. The fourth-order valence-electron chi connectivity index (χ4n) is 2.34. The first-order valence-corrected chi connectivity index (χ1v) is 4.37. The first-order chi connectivity index (χ1) is 6.00. The molecule has 0 aromatic rings. The Balaban J connectivity index is 2.22. The number of halogens is 2. The molecule has 3 atom stereocenters. The normalized spacial score (nSPS) is 41.8. The molecule has 13 heavy (non-hydrogen) atoms. The minimum Gasteiger partial charge on any atom is -0.480 e. The van der Waals surface area contributed by atoms with Crippen LogP contribution in [0.4, 0.5) is 8.78 Å². The summed E-state index contributed by atoms with van der Waals surface area (Å²) < 4.78 is 26.4. The van der Waals surface area contributed by atoms with E-state index in [-0.39, 0.29) is 12.5 Å². The van der Waals surface area contributed by atoms with Crippen LogP contribution in [0.15, 0.2) is 0 Å². The molecule has 2 unspecified atom stereocenters. The van der Waals surface area contributed by atoms with Crippen molar-refractivity contribution in [3.63, 3.8) is 0 Å². The van der Waals surface area contributed by atoms with Crippen LogP contribution >= 0.6 is 0 Å². The van der Waals surface area contributed by atoms with Gasteiger partial charge in [-0.1, -0.05) is 0 Å². The molecule has 0 amide bonds. The maximum Gasteiger partial charge on any atom is 0.321 e. The number of hydrogen-bond acceptors (Lipinski definition) is 2. The molecule has 1 aliphatic carbocycles. The van der Waals surface area contributed by atoms with Crippen molar-refractivity contribution in [2.45, 2.75) is 37.3 Å². The van der Waals surface area contributed by atoms with Crippen LogP contribution in [0.2, 0.25) is 0 Å². The third kappa shape index (κ3) is 1.31. The highest BCUT2D eigenvalue weighted by Gasteiger charge is 2.55. The first-order valence-electron chi connectivity index (χ1n) is 4.37. The summed E-state index contributed by atoms with van der Waals surface area (Å²) in [5.74, 6) is -4.97. The van der Waals surface area contributed by atoms with Crippen LogP contribution in [0.1, 0.15) is 19.3 Å². The number of carbonyl (C=O) groups is 1. The molecule has 3 nitrogen and oxygen atoms in total. The lowest BCUT2D eigenvalue weighted by Crippen LogP contribution is -2.63. The largest absolute Gasteiger partial charge is 0.480 e. The highest BCUT2D eigenvalue weighted by Crippen LogP contribution is 2.44. The molecule has 1 saturated carbocycles. The van der Waals surface area contributed by atoms with Crippen molar-refractivity contribution in [3.8, 4) is 0 Å². The highest BCUT2D eigenvalue weighted by atomic mass is 19.3. The van der Waals surface area contributed by atoms with Crippen LogP contribution in [0.5, 0.6) is 0 Å². The quantitative estimate of drug-likeness (QED) is 0.646. The average Bonchev–Trinajstić information content (AvgIpc) is 2.02. The van der Waals surface area contributed by atoms with Crippen LogP contribution in [-0.2, 0) is 4.79 Å². The lowest BCUT2D eigenvalue weighted by molar-refractivity contribution is -0.165. The Morgan fingerprint density at radius 1 is 1.46 bits per heavy atom. The minimum absolute atomic E-state index is 0.207. The summed E-state index contributed by atoms with van der Waals surface area (Å²) in [6.07, 6.45) is 0.785. The second kappa shape index (κ2) is 2.64. The fourth-order valence-corrected chi connectivity index (χ4v) is 2.34. The Bertz CT molecular complexity index is 244. The SMILES string of the molecule is O=C(O)[C@H]1NC2CCC1C(F)(F)C2. The maximum absolute atomic E-state index is 13.2. The van der Waals surface area contributed by atoms with Crippen molar-refractivity contribution >= 4 is 5.97 Å². The van der Waals surface area contributed by atoms with E-state index in [1.807, 2.05) is 0 Å². The molecular formula is C8H11F2NO2. The van der Waals surface area contributed by atoms with Crippen molar-refractivity contribution in [1.82, 2.24) is 5.32 Å². The smallest absolute Gasteiger partial charge is 0.321 e. The van der Waals surface area contributed by atoms with Gasteiger partial charge < -0.3 is 10.4 Å². The molecule has 0 spiro atoms. The fraction of sp³-hybridized carbons (Fsp3) is 0.875. The van der Waals surface area contributed by atoms with Crippen molar-refractivity contribution in [2.75, 3.05) is 0 Å². The van der Waals surface area contributed by atoms with E-state index in [0.717, 1.165) is 0 Å². The number of fused-ring (bicyclic) bond motifs is 3. The molecule has 2 saturated heterocycles. The van der Waals surface area contributed by atoms with Gasteiger partial charge in [0.25, 0.3) is 5.92 Å². The number of rotatable bonds is 1. The van der Waals surface area contributed by atoms with E-state index >= 15 is 0 Å². The molecule has 0 radical (unpaired) electrons. The maximum atomic E-state index is 13.2. The van der Waals surface area contributed by atoms with E-state index in [9.17, 15) is 13.6 Å². The molecule has 0 aromatic carbocycles. The van der Waals surface area contributed by atoms with Crippen LogP contribution < -0.4 is 5.32 Å². The number of carboxylic acid groups (broad SMARTS) is 1. The van der Waals surface area contributed by atoms with Gasteiger partial charge in [-0.05, 0) is 12.8 Å². The van der Waals surface area contributed by atoms with Crippen molar-refractivity contribution in [3.05, 3.63) is 0 Å².